The molecule has 0 amide bonds. The van der Waals surface area contributed by atoms with Gasteiger partial charge in [0.1, 0.15) is 5.65 Å². The highest BCUT2D eigenvalue weighted by Crippen LogP contribution is 2.22. The fourth-order valence-electron chi connectivity index (χ4n) is 1.75. The SMILES string of the molecule is O=S(=O)(NCc1ccno1)c1c(Cl)nc2ccccn12. The maximum Gasteiger partial charge on any atom is 0.260 e. The van der Waals surface area contributed by atoms with Gasteiger partial charge in [-0.3, -0.25) is 4.40 Å². The number of hydrogen-bond acceptors (Lipinski definition) is 5. The molecule has 0 spiro atoms. The highest BCUT2D eigenvalue weighted by molar-refractivity contribution is 7.89. The van der Waals surface area contributed by atoms with Crippen LogP contribution in [0, 0.1) is 0 Å². The minimum Gasteiger partial charge on any atom is -0.360 e. The zero-order valence-electron chi connectivity index (χ0n) is 10.0. The van der Waals surface area contributed by atoms with E-state index in [0.29, 0.717) is 11.4 Å². The number of aromatic nitrogens is 3. The van der Waals surface area contributed by atoms with Gasteiger partial charge >= 0.3 is 0 Å². The van der Waals surface area contributed by atoms with Crippen LogP contribution in [0.5, 0.6) is 0 Å². The van der Waals surface area contributed by atoms with E-state index in [1.54, 1.807) is 30.5 Å². The van der Waals surface area contributed by atoms with Crippen molar-refractivity contribution in [1.82, 2.24) is 19.3 Å². The lowest BCUT2D eigenvalue weighted by Crippen LogP contribution is -2.24. The number of pyridine rings is 1. The van der Waals surface area contributed by atoms with E-state index in [2.05, 4.69) is 14.9 Å². The molecule has 0 aliphatic carbocycles. The highest BCUT2D eigenvalue weighted by atomic mass is 35.5. The van der Waals surface area contributed by atoms with Crippen molar-refractivity contribution in [3.8, 4) is 0 Å². The average molecular weight is 313 g/mol. The van der Waals surface area contributed by atoms with Gasteiger partial charge in [0.2, 0.25) is 0 Å². The van der Waals surface area contributed by atoms with Crippen LogP contribution in [-0.4, -0.2) is 23.0 Å². The average Bonchev–Trinajstić information content (AvgIpc) is 3.02. The number of hydrogen-bond donors (Lipinski definition) is 1. The Kier molecular flexibility index (Phi) is 3.20. The smallest absolute Gasteiger partial charge is 0.260 e. The molecular weight excluding hydrogens is 304 g/mol. The molecule has 0 saturated carbocycles. The third-order valence-corrected chi connectivity index (χ3v) is 4.43. The summed E-state index contributed by atoms with van der Waals surface area (Å²) in [6.07, 6.45) is 3.02. The summed E-state index contributed by atoms with van der Waals surface area (Å²) in [5.74, 6) is 0.401. The monoisotopic (exact) mass is 312 g/mol. The van der Waals surface area contributed by atoms with Gasteiger partial charge in [0.25, 0.3) is 10.0 Å². The summed E-state index contributed by atoms with van der Waals surface area (Å²) in [7, 11) is -3.82. The molecule has 0 bridgehead atoms. The van der Waals surface area contributed by atoms with Crippen LogP contribution in [0.2, 0.25) is 5.15 Å². The van der Waals surface area contributed by atoms with Crippen molar-refractivity contribution in [2.45, 2.75) is 11.6 Å². The predicted octanol–water partition coefficient (Wildman–Crippen LogP) is 1.45. The Balaban J connectivity index is 1.98. The van der Waals surface area contributed by atoms with E-state index in [1.807, 2.05) is 0 Å². The lowest BCUT2D eigenvalue weighted by atomic mass is 10.5. The Hall–Kier alpha value is -1.90. The zero-order valence-corrected chi connectivity index (χ0v) is 11.6. The lowest BCUT2D eigenvalue weighted by Gasteiger charge is -2.05. The molecule has 0 fully saturated rings. The Morgan fingerprint density at radius 1 is 1.35 bits per heavy atom. The third-order valence-electron chi connectivity index (χ3n) is 2.63. The van der Waals surface area contributed by atoms with Crippen molar-refractivity contribution in [1.29, 1.82) is 0 Å². The van der Waals surface area contributed by atoms with Crippen LogP contribution in [0.4, 0.5) is 0 Å². The number of sulfonamides is 1. The van der Waals surface area contributed by atoms with Crippen molar-refractivity contribution in [2.75, 3.05) is 0 Å². The van der Waals surface area contributed by atoms with Crippen LogP contribution in [0.25, 0.3) is 5.65 Å². The first-order valence-corrected chi connectivity index (χ1v) is 7.46. The summed E-state index contributed by atoms with van der Waals surface area (Å²) in [6, 6.07) is 6.68. The topological polar surface area (TPSA) is 89.5 Å². The molecular formula is C11H9ClN4O3S. The first-order chi connectivity index (χ1) is 9.58. The molecule has 0 aromatic carbocycles. The van der Waals surface area contributed by atoms with Crippen molar-refractivity contribution >= 4 is 27.3 Å². The van der Waals surface area contributed by atoms with Crippen molar-refractivity contribution in [3.63, 3.8) is 0 Å². The molecule has 3 heterocycles. The largest absolute Gasteiger partial charge is 0.360 e. The lowest BCUT2D eigenvalue weighted by molar-refractivity contribution is 0.380. The molecule has 20 heavy (non-hydrogen) atoms. The fraction of sp³-hybridized carbons (Fsp3) is 0.0909. The molecule has 0 atom stereocenters. The standard InChI is InChI=1S/C11H9ClN4O3S/c12-10-11(16-6-2-1-3-9(16)15-10)20(17,18)14-7-8-4-5-13-19-8/h1-6,14H,7H2. The van der Waals surface area contributed by atoms with Gasteiger partial charge in [-0.05, 0) is 12.1 Å². The number of imidazole rings is 1. The van der Waals surface area contributed by atoms with E-state index in [1.165, 1.54) is 10.6 Å². The van der Waals surface area contributed by atoms with E-state index in [9.17, 15) is 8.42 Å². The van der Waals surface area contributed by atoms with Gasteiger partial charge in [-0.15, -0.1) is 0 Å². The maximum absolute atomic E-state index is 12.3. The highest BCUT2D eigenvalue weighted by Gasteiger charge is 2.24. The molecule has 9 heteroatoms. The van der Waals surface area contributed by atoms with Gasteiger partial charge in [-0.25, -0.2) is 18.1 Å². The second kappa shape index (κ2) is 4.89. The minimum absolute atomic E-state index is 0.0151. The van der Waals surface area contributed by atoms with Crippen LogP contribution in [0.3, 0.4) is 0 Å². The third kappa shape index (κ3) is 2.28. The summed E-state index contributed by atoms with van der Waals surface area (Å²) in [5, 5.41) is 3.31. The molecule has 0 unspecified atom stereocenters. The molecule has 0 radical (unpaired) electrons. The van der Waals surface area contributed by atoms with Crippen LogP contribution in [-0.2, 0) is 16.6 Å². The molecule has 0 saturated heterocycles. The van der Waals surface area contributed by atoms with Gasteiger partial charge in [0, 0.05) is 12.3 Å². The van der Waals surface area contributed by atoms with E-state index < -0.39 is 10.0 Å². The molecule has 7 nitrogen and oxygen atoms in total. The Morgan fingerprint density at radius 2 is 2.20 bits per heavy atom. The predicted molar refractivity (Wildman–Crippen MR) is 70.7 cm³/mol. The number of nitrogens with zero attached hydrogens (tertiary/aromatic N) is 3. The second-order valence-electron chi connectivity index (χ2n) is 3.94. The van der Waals surface area contributed by atoms with Crippen molar-refractivity contribution < 1.29 is 12.9 Å². The maximum atomic E-state index is 12.3. The second-order valence-corrected chi connectivity index (χ2v) is 5.98. The van der Waals surface area contributed by atoms with Crippen LogP contribution in [0.1, 0.15) is 5.76 Å². The Labute approximate surface area is 119 Å². The van der Waals surface area contributed by atoms with Crippen LogP contribution < -0.4 is 4.72 Å². The Morgan fingerprint density at radius 3 is 2.95 bits per heavy atom. The molecule has 0 aliphatic heterocycles. The summed E-state index contributed by atoms with van der Waals surface area (Å²) in [5.41, 5.74) is 0.456. The van der Waals surface area contributed by atoms with Gasteiger partial charge < -0.3 is 4.52 Å². The van der Waals surface area contributed by atoms with E-state index in [-0.39, 0.29) is 16.7 Å². The molecule has 104 valence electrons. The quantitative estimate of drug-likeness (QED) is 0.787. The molecule has 3 aromatic rings. The number of rotatable bonds is 4. The molecule has 3 rings (SSSR count). The molecule has 1 N–H and O–H groups in total. The van der Waals surface area contributed by atoms with Crippen LogP contribution in [0.15, 0.2) is 46.2 Å². The fourth-order valence-corrected chi connectivity index (χ4v) is 3.38. The van der Waals surface area contributed by atoms with Gasteiger partial charge in [0.05, 0.1) is 12.7 Å². The first kappa shape index (κ1) is 13.1. The minimum atomic E-state index is -3.82. The van der Waals surface area contributed by atoms with Gasteiger partial charge in [-0.1, -0.05) is 22.8 Å². The number of halogens is 1. The van der Waals surface area contributed by atoms with Gasteiger partial charge in [0.15, 0.2) is 15.9 Å². The van der Waals surface area contributed by atoms with E-state index in [4.69, 9.17) is 16.1 Å². The first-order valence-electron chi connectivity index (χ1n) is 5.60. The summed E-state index contributed by atoms with van der Waals surface area (Å²) < 4.78 is 33.2. The van der Waals surface area contributed by atoms with Gasteiger partial charge in [-0.2, -0.15) is 0 Å². The summed E-state index contributed by atoms with van der Waals surface area (Å²) >= 11 is 5.93. The molecule has 3 aromatic heterocycles. The molecule has 0 aliphatic rings. The van der Waals surface area contributed by atoms with Crippen LogP contribution >= 0.6 is 11.6 Å². The summed E-state index contributed by atoms with van der Waals surface area (Å²) in [4.78, 5) is 4.00. The number of fused-ring (bicyclic) bond motifs is 1. The van der Waals surface area contributed by atoms with E-state index >= 15 is 0 Å². The zero-order chi connectivity index (χ0) is 14.2. The number of nitrogens with one attached hydrogen (secondary N) is 1. The van der Waals surface area contributed by atoms with Crippen molar-refractivity contribution in [3.05, 3.63) is 47.6 Å². The normalized spacial score (nSPS) is 12.1. The van der Waals surface area contributed by atoms with E-state index in [0.717, 1.165) is 0 Å². The van der Waals surface area contributed by atoms with Crippen molar-refractivity contribution in [2.24, 2.45) is 0 Å². The Bertz CT molecular complexity index is 842. The summed E-state index contributed by atoms with van der Waals surface area (Å²) in [6.45, 7) is -0.0151.